The van der Waals surface area contributed by atoms with Gasteiger partial charge in [-0.3, -0.25) is 9.10 Å². The Morgan fingerprint density at radius 2 is 1.64 bits per heavy atom. The van der Waals surface area contributed by atoms with Crippen LogP contribution in [0.15, 0.2) is 54.6 Å². The molecule has 0 fully saturated rings. The van der Waals surface area contributed by atoms with Gasteiger partial charge in [0.25, 0.3) is 0 Å². The highest BCUT2D eigenvalue weighted by atomic mass is 32.2. The molecule has 0 aliphatic carbocycles. The lowest BCUT2D eigenvalue weighted by molar-refractivity contribution is -0.118. The molecule has 25 heavy (non-hydrogen) atoms. The molecule has 1 amide bonds. The van der Waals surface area contributed by atoms with E-state index >= 15 is 0 Å². The summed E-state index contributed by atoms with van der Waals surface area (Å²) in [7, 11) is -0.402. The maximum absolute atomic E-state index is 12.4. The van der Waals surface area contributed by atoms with Gasteiger partial charge >= 0.3 is 0 Å². The number of rotatable bonds is 7. The first-order valence-electron chi connectivity index (χ1n) is 7.77. The van der Waals surface area contributed by atoms with E-state index in [-0.39, 0.29) is 18.9 Å². The van der Waals surface area contributed by atoms with Gasteiger partial charge in [0, 0.05) is 25.7 Å². The van der Waals surface area contributed by atoms with E-state index in [1.54, 1.807) is 31.3 Å². The Morgan fingerprint density at radius 3 is 2.24 bits per heavy atom. The van der Waals surface area contributed by atoms with Crippen LogP contribution in [-0.4, -0.2) is 41.3 Å². The first-order chi connectivity index (χ1) is 11.8. The van der Waals surface area contributed by atoms with Gasteiger partial charge in [0.05, 0.1) is 19.1 Å². The molecule has 0 atom stereocenters. The quantitative estimate of drug-likeness (QED) is 0.759. The molecule has 2 aromatic carbocycles. The Morgan fingerprint density at radius 1 is 1.04 bits per heavy atom. The predicted molar refractivity (Wildman–Crippen MR) is 99.7 cm³/mol. The standard InChI is InChI=1S/C18H22N2O4S/c1-19(15-9-5-4-6-10-15)18(21)13-14-20(25(3,22)23)16-11-7-8-12-17(16)24-2/h4-12H,13-14H2,1-3H3. The van der Waals surface area contributed by atoms with Crippen LogP contribution in [0.5, 0.6) is 5.75 Å². The van der Waals surface area contributed by atoms with Gasteiger partial charge in [0.2, 0.25) is 15.9 Å². The minimum Gasteiger partial charge on any atom is -0.495 e. The lowest BCUT2D eigenvalue weighted by atomic mass is 10.2. The van der Waals surface area contributed by atoms with Crippen molar-refractivity contribution in [1.82, 2.24) is 0 Å². The van der Waals surface area contributed by atoms with Gasteiger partial charge in [-0.05, 0) is 24.3 Å². The topological polar surface area (TPSA) is 66.9 Å². The van der Waals surface area contributed by atoms with E-state index < -0.39 is 10.0 Å². The van der Waals surface area contributed by atoms with Crippen LogP contribution < -0.4 is 13.9 Å². The summed E-state index contributed by atoms with van der Waals surface area (Å²) in [5.41, 5.74) is 1.18. The normalized spacial score (nSPS) is 11.0. The minimum atomic E-state index is -3.55. The number of methoxy groups -OCH3 is 1. The highest BCUT2D eigenvalue weighted by Crippen LogP contribution is 2.29. The van der Waals surface area contributed by atoms with Crippen LogP contribution in [0.2, 0.25) is 0 Å². The van der Waals surface area contributed by atoms with Crippen LogP contribution in [-0.2, 0) is 14.8 Å². The third-order valence-electron chi connectivity index (χ3n) is 3.80. The largest absolute Gasteiger partial charge is 0.495 e. The second-order valence-corrected chi connectivity index (χ2v) is 7.45. The van der Waals surface area contributed by atoms with Crippen LogP contribution in [0, 0.1) is 0 Å². The molecular weight excluding hydrogens is 340 g/mol. The Kier molecular flexibility index (Phi) is 6.03. The van der Waals surface area contributed by atoms with Gasteiger partial charge < -0.3 is 9.64 Å². The van der Waals surface area contributed by atoms with E-state index in [1.165, 1.54) is 16.3 Å². The lowest BCUT2D eigenvalue weighted by Crippen LogP contribution is -2.35. The zero-order valence-electron chi connectivity index (χ0n) is 14.5. The summed E-state index contributed by atoms with van der Waals surface area (Å²) in [6.45, 7) is 0.0369. The molecule has 6 nitrogen and oxygen atoms in total. The van der Waals surface area contributed by atoms with E-state index in [4.69, 9.17) is 4.74 Å². The number of anilines is 2. The second kappa shape index (κ2) is 8.02. The first-order valence-corrected chi connectivity index (χ1v) is 9.61. The smallest absolute Gasteiger partial charge is 0.232 e. The number of sulfonamides is 1. The van der Waals surface area contributed by atoms with Crippen LogP contribution in [0.25, 0.3) is 0 Å². The molecule has 0 aromatic heterocycles. The van der Waals surface area contributed by atoms with Crippen molar-refractivity contribution in [1.29, 1.82) is 0 Å². The SMILES string of the molecule is COc1ccccc1N(CCC(=O)N(C)c1ccccc1)S(C)(=O)=O. The molecule has 2 rings (SSSR count). The summed E-state index contributed by atoms with van der Waals surface area (Å²) in [4.78, 5) is 14.0. The molecule has 7 heteroatoms. The number of benzene rings is 2. The average molecular weight is 362 g/mol. The Bertz CT molecular complexity index is 822. The predicted octanol–water partition coefficient (Wildman–Crippen LogP) is 2.51. The fraction of sp³-hybridized carbons (Fsp3) is 0.278. The molecular formula is C18H22N2O4S. The highest BCUT2D eigenvalue weighted by molar-refractivity contribution is 7.92. The monoisotopic (exact) mass is 362 g/mol. The van der Waals surface area contributed by atoms with E-state index in [2.05, 4.69) is 0 Å². The number of hydrogen-bond donors (Lipinski definition) is 0. The molecule has 0 heterocycles. The highest BCUT2D eigenvalue weighted by Gasteiger charge is 2.22. The Balaban J connectivity index is 2.18. The Labute approximate surface area is 148 Å². The van der Waals surface area contributed by atoms with Gasteiger partial charge in [0.15, 0.2) is 0 Å². The molecule has 0 saturated heterocycles. The summed E-state index contributed by atoms with van der Waals surface area (Å²) in [5, 5.41) is 0. The minimum absolute atomic E-state index is 0.0369. The number of amides is 1. The fourth-order valence-electron chi connectivity index (χ4n) is 2.46. The van der Waals surface area contributed by atoms with Crippen LogP contribution in [0.4, 0.5) is 11.4 Å². The molecule has 0 aliphatic heterocycles. The van der Waals surface area contributed by atoms with Crippen molar-refractivity contribution >= 4 is 27.3 Å². The third-order valence-corrected chi connectivity index (χ3v) is 4.98. The van der Waals surface area contributed by atoms with E-state index in [1.807, 2.05) is 30.3 Å². The maximum atomic E-state index is 12.4. The average Bonchev–Trinajstić information content (AvgIpc) is 2.61. The third kappa shape index (κ3) is 4.73. The number of carbonyl (C=O) groups is 1. The van der Waals surface area contributed by atoms with Gasteiger partial charge in [-0.1, -0.05) is 30.3 Å². The van der Waals surface area contributed by atoms with Gasteiger partial charge in [-0.2, -0.15) is 0 Å². The van der Waals surface area contributed by atoms with Crippen LogP contribution in [0.1, 0.15) is 6.42 Å². The number of carbonyl (C=O) groups excluding carboxylic acids is 1. The van der Waals surface area contributed by atoms with Gasteiger partial charge in [0.1, 0.15) is 5.75 Å². The van der Waals surface area contributed by atoms with Crippen molar-refractivity contribution in [2.24, 2.45) is 0 Å². The molecule has 0 N–H and O–H groups in total. The summed E-state index contributed by atoms with van der Waals surface area (Å²) >= 11 is 0. The zero-order valence-corrected chi connectivity index (χ0v) is 15.4. The van der Waals surface area contributed by atoms with E-state index in [0.29, 0.717) is 11.4 Å². The number of hydrogen-bond acceptors (Lipinski definition) is 4. The lowest BCUT2D eigenvalue weighted by Gasteiger charge is -2.25. The molecule has 0 aliphatic rings. The van der Waals surface area contributed by atoms with Crippen LogP contribution in [0.3, 0.4) is 0 Å². The molecule has 134 valence electrons. The molecule has 0 radical (unpaired) electrons. The van der Waals surface area contributed by atoms with Crippen molar-refractivity contribution in [3.8, 4) is 5.75 Å². The zero-order chi connectivity index (χ0) is 18.4. The maximum Gasteiger partial charge on any atom is 0.232 e. The first kappa shape index (κ1) is 18.8. The molecule has 0 spiro atoms. The fourth-order valence-corrected chi connectivity index (χ4v) is 3.39. The molecule has 0 bridgehead atoms. The van der Waals surface area contributed by atoms with Crippen molar-refractivity contribution in [3.63, 3.8) is 0 Å². The molecule has 2 aromatic rings. The summed E-state index contributed by atoms with van der Waals surface area (Å²) in [6, 6.07) is 16.0. The molecule has 0 unspecified atom stereocenters. The second-order valence-electron chi connectivity index (χ2n) is 5.55. The summed E-state index contributed by atoms with van der Waals surface area (Å²) in [6.07, 6.45) is 1.17. The summed E-state index contributed by atoms with van der Waals surface area (Å²) < 4.78 is 30.8. The van der Waals surface area contributed by atoms with Crippen molar-refractivity contribution in [2.75, 3.05) is 36.2 Å². The number of ether oxygens (including phenoxy) is 1. The van der Waals surface area contributed by atoms with E-state index in [9.17, 15) is 13.2 Å². The van der Waals surface area contributed by atoms with Crippen molar-refractivity contribution in [2.45, 2.75) is 6.42 Å². The Hall–Kier alpha value is -2.54. The molecule has 0 saturated carbocycles. The van der Waals surface area contributed by atoms with Crippen molar-refractivity contribution < 1.29 is 17.9 Å². The van der Waals surface area contributed by atoms with E-state index in [0.717, 1.165) is 11.9 Å². The van der Waals surface area contributed by atoms with Gasteiger partial charge in [-0.15, -0.1) is 0 Å². The number of nitrogens with zero attached hydrogens (tertiary/aromatic N) is 2. The number of para-hydroxylation sites is 3. The summed E-state index contributed by atoms with van der Waals surface area (Å²) in [5.74, 6) is 0.270. The van der Waals surface area contributed by atoms with Crippen molar-refractivity contribution in [3.05, 3.63) is 54.6 Å². The van der Waals surface area contributed by atoms with Crippen LogP contribution >= 0.6 is 0 Å². The van der Waals surface area contributed by atoms with Gasteiger partial charge in [-0.25, -0.2) is 8.42 Å².